The highest BCUT2D eigenvalue weighted by molar-refractivity contribution is 5.93. The molecule has 0 saturated heterocycles. The summed E-state index contributed by atoms with van der Waals surface area (Å²) >= 11 is 0. The molecule has 0 bridgehead atoms. The van der Waals surface area contributed by atoms with Gasteiger partial charge in [-0.25, -0.2) is 4.39 Å². The van der Waals surface area contributed by atoms with Crippen molar-refractivity contribution < 1.29 is 23.8 Å². The Bertz CT molecular complexity index is 1050. The SMILES string of the molecule is CCN(C=O)/C(CO)=N\N(C)c1cc2c(C(C)C)cn(C(COC)COC)c(=O)c2cc1F. The number of halogens is 1. The molecule has 182 valence electrons. The fraction of sp³-hybridized carbons (Fsp3) is 0.522. The van der Waals surface area contributed by atoms with E-state index in [-0.39, 0.29) is 47.6 Å². The summed E-state index contributed by atoms with van der Waals surface area (Å²) in [6.45, 7) is 6.06. The first-order chi connectivity index (χ1) is 15.7. The fourth-order valence-electron chi connectivity index (χ4n) is 3.69. The summed E-state index contributed by atoms with van der Waals surface area (Å²) in [6.07, 6.45) is 2.32. The first-order valence-electron chi connectivity index (χ1n) is 10.7. The zero-order valence-corrected chi connectivity index (χ0v) is 20.0. The number of aliphatic hydroxyl groups is 1. The highest BCUT2D eigenvalue weighted by atomic mass is 19.1. The minimum absolute atomic E-state index is 0.0378. The molecule has 1 N–H and O–H groups in total. The molecule has 1 amide bonds. The van der Waals surface area contributed by atoms with Crippen molar-refractivity contribution in [1.82, 2.24) is 9.47 Å². The van der Waals surface area contributed by atoms with E-state index in [0.29, 0.717) is 18.3 Å². The van der Waals surface area contributed by atoms with Gasteiger partial charge in [0.2, 0.25) is 6.41 Å². The number of aromatic nitrogens is 1. The lowest BCUT2D eigenvalue weighted by molar-refractivity contribution is -0.114. The second-order valence-electron chi connectivity index (χ2n) is 7.95. The predicted octanol–water partition coefficient (Wildman–Crippen LogP) is 2.32. The Balaban J connectivity index is 2.72. The van der Waals surface area contributed by atoms with E-state index >= 15 is 4.39 Å². The van der Waals surface area contributed by atoms with Crippen LogP contribution in [-0.2, 0) is 14.3 Å². The number of nitrogens with zero attached hydrogens (tertiary/aromatic N) is 4. The number of carbonyl (C=O) groups is 1. The van der Waals surface area contributed by atoms with Crippen molar-refractivity contribution in [3.05, 3.63) is 40.1 Å². The molecule has 0 aliphatic rings. The molecule has 9 nitrogen and oxygen atoms in total. The van der Waals surface area contributed by atoms with Crippen molar-refractivity contribution in [3.63, 3.8) is 0 Å². The summed E-state index contributed by atoms with van der Waals surface area (Å²) in [6, 6.07) is 2.41. The van der Waals surface area contributed by atoms with Gasteiger partial charge < -0.3 is 19.1 Å². The van der Waals surface area contributed by atoms with E-state index < -0.39 is 12.4 Å². The standard InChI is InChI=1S/C23H33FN4O5/c1-7-27(14-30)22(11-29)25-26(4)21-9-17-18(8-20(21)24)23(31)28(10-19(17)15(2)3)16(12-32-5)13-33-6/h8-10,14-16,29H,7,11-13H2,1-6H3/b25-22-. The van der Waals surface area contributed by atoms with Crippen molar-refractivity contribution in [1.29, 1.82) is 0 Å². The summed E-state index contributed by atoms with van der Waals surface area (Å²) in [5.74, 6) is -0.536. The van der Waals surface area contributed by atoms with Gasteiger partial charge in [-0.2, -0.15) is 5.10 Å². The Morgan fingerprint density at radius 2 is 1.88 bits per heavy atom. The van der Waals surface area contributed by atoms with Gasteiger partial charge >= 0.3 is 0 Å². The number of likely N-dealkylation sites (N-methyl/N-ethyl adjacent to an activating group) is 1. The number of hydrazone groups is 1. The predicted molar refractivity (Wildman–Crippen MR) is 126 cm³/mol. The van der Waals surface area contributed by atoms with Gasteiger partial charge in [0, 0.05) is 34.0 Å². The molecule has 0 unspecified atom stereocenters. The minimum atomic E-state index is -0.653. The van der Waals surface area contributed by atoms with Gasteiger partial charge in [0.25, 0.3) is 5.56 Å². The Morgan fingerprint density at radius 3 is 2.36 bits per heavy atom. The lowest BCUT2D eigenvalue weighted by atomic mass is 9.97. The summed E-state index contributed by atoms with van der Waals surface area (Å²) in [5, 5.41) is 15.9. The largest absolute Gasteiger partial charge is 0.388 e. The molecule has 1 aromatic carbocycles. The van der Waals surface area contributed by atoms with Crippen LogP contribution in [0.25, 0.3) is 10.8 Å². The van der Waals surface area contributed by atoms with Crippen molar-refractivity contribution in [2.75, 3.05) is 52.6 Å². The number of methoxy groups -OCH3 is 2. The van der Waals surface area contributed by atoms with Gasteiger partial charge in [0.05, 0.1) is 30.3 Å². The maximum Gasteiger partial charge on any atom is 0.258 e. The average Bonchev–Trinajstić information content (AvgIpc) is 2.79. The molecule has 0 aliphatic heterocycles. The fourth-order valence-corrected chi connectivity index (χ4v) is 3.69. The van der Waals surface area contributed by atoms with Crippen LogP contribution in [0.3, 0.4) is 0 Å². The number of amidine groups is 1. The number of hydrogen-bond donors (Lipinski definition) is 1. The van der Waals surface area contributed by atoms with Crippen LogP contribution < -0.4 is 10.6 Å². The maximum atomic E-state index is 15.2. The Labute approximate surface area is 193 Å². The van der Waals surface area contributed by atoms with Crippen molar-refractivity contribution >= 4 is 28.7 Å². The van der Waals surface area contributed by atoms with E-state index in [4.69, 9.17) is 9.47 Å². The van der Waals surface area contributed by atoms with E-state index in [2.05, 4.69) is 5.10 Å². The summed E-state index contributed by atoms with van der Waals surface area (Å²) in [7, 11) is 4.61. The van der Waals surface area contributed by atoms with Crippen LogP contribution in [-0.4, -0.2) is 74.5 Å². The third kappa shape index (κ3) is 5.76. The molecule has 0 aliphatic carbocycles. The molecule has 0 spiro atoms. The Kier molecular flexibility index (Phi) is 9.51. The smallest absolute Gasteiger partial charge is 0.258 e. The quantitative estimate of drug-likeness (QED) is 0.237. The number of carbonyl (C=O) groups excluding carboxylic acids is 1. The first kappa shape index (κ1) is 26.4. The summed E-state index contributed by atoms with van der Waals surface area (Å²) < 4.78 is 27.2. The lowest BCUT2D eigenvalue weighted by Crippen LogP contribution is -2.34. The third-order valence-corrected chi connectivity index (χ3v) is 5.43. The number of aliphatic hydroxyl groups excluding tert-OH is 1. The lowest BCUT2D eigenvalue weighted by Gasteiger charge is -2.23. The number of anilines is 1. The second kappa shape index (κ2) is 11.9. The number of benzene rings is 1. The van der Waals surface area contributed by atoms with Crippen molar-refractivity contribution in [2.24, 2.45) is 5.10 Å². The molecule has 2 rings (SSSR count). The van der Waals surface area contributed by atoms with Gasteiger partial charge in [0.15, 0.2) is 5.84 Å². The molecule has 1 heterocycles. The number of amides is 1. The second-order valence-corrected chi connectivity index (χ2v) is 7.95. The number of pyridine rings is 1. The highest BCUT2D eigenvalue weighted by Crippen LogP contribution is 2.30. The minimum Gasteiger partial charge on any atom is -0.388 e. The van der Waals surface area contributed by atoms with Crippen molar-refractivity contribution in [3.8, 4) is 0 Å². The van der Waals surface area contributed by atoms with Gasteiger partial charge in [-0.3, -0.25) is 19.5 Å². The van der Waals surface area contributed by atoms with Crippen LogP contribution in [0.5, 0.6) is 0 Å². The van der Waals surface area contributed by atoms with Crippen LogP contribution in [0.1, 0.15) is 38.3 Å². The normalized spacial score (nSPS) is 12.1. The number of fused-ring (bicyclic) bond motifs is 1. The zero-order valence-electron chi connectivity index (χ0n) is 20.0. The zero-order chi connectivity index (χ0) is 24.7. The number of hydrogen-bond acceptors (Lipinski definition) is 7. The highest BCUT2D eigenvalue weighted by Gasteiger charge is 2.21. The molecule has 1 aromatic heterocycles. The molecule has 0 atom stereocenters. The van der Waals surface area contributed by atoms with Gasteiger partial charge in [-0.1, -0.05) is 13.8 Å². The van der Waals surface area contributed by atoms with E-state index in [1.54, 1.807) is 38.0 Å². The van der Waals surface area contributed by atoms with E-state index in [0.717, 1.165) is 5.56 Å². The van der Waals surface area contributed by atoms with E-state index in [9.17, 15) is 14.7 Å². The summed E-state index contributed by atoms with van der Waals surface area (Å²) in [4.78, 5) is 25.7. The van der Waals surface area contributed by atoms with E-state index in [1.165, 1.54) is 23.0 Å². The molecule has 0 radical (unpaired) electrons. The summed E-state index contributed by atoms with van der Waals surface area (Å²) in [5.41, 5.74) is 0.616. The maximum absolute atomic E-state index is 15.2. The molecule has 33 heavy (non-hydrogen) atoms. The molecular weight excluding hydrogens is 431 g/mol. The molecule has 0 fully saturated rings. The van der Waals surface area contributed by atoms with E-state index in [1.807, 2.05) is 13.8 Å². The third-order valence-electron chi connectivity index (χ3n) is 5.43. The number of ether oxygens (including phenoxy) is 2. The average molecular weight is 465 g/mol. The Hall–Kier alpha value is -2.82. The van der Waals surface area contributed by atoms with Gasteiger partial charge in [0.1, 0.15) is 12.4 Å². The van der Waals surface area contributed by atoms with Gasteiger partial charge in [-0.15, -0.1) is 0 Å². The van der Waals surface area contributed by atoms with Crippen LogP contribution in [0, 0.1) is 5.82 Å². The molecular formula is C23H33FN4O5. The van der Waals surface area contributed by atoms with Crippen LogP contribution in [0.15, 0.2) is 28.2 Å². The number of rotatable bonds is 11. The molecule has 2 aromatic rings. The molecule has 0 saturated carbocycles. The first-order valence-corrected chi connectivity index (χ1v) is 10.7. The van der Waals surface area contributed by atoms with Crippen LogP contribution in [0.2, 0.25) is 0 Å². The van der Waals surface area contributed by atoms with Crippen LogP contribution >= 0.6 is 0 Å². The monoisotopic (exact) mass is 464 g/mol. The van der Waals surface area contributed by atoms with Crippen molar-refractivity contribution in [2.45, 2.75) is 32.7 Å². The van der Waals surface area contributed by atoms with Gasteiger partial charge in [-0.05, 0) is 35.9 Å². The Morgan fingerprint density at radius 1 is 1.24 bits per heavy atom. The molecule has 10 heteroatoms. The van der Waals surface area contributed by atoms with Crippen LogP contribution in [0.4, 0.5) is 10.1 Å². The topological polar surface area (TPSA) is 96.6 Å².